The SMILES string of the molecule is CCCCCN(CC(N)CCCC)C(C)C. The first-order valence-electron chi connectivity index (χ1n) is 7.11. The van der Waals surface area contributed by atoms with E-state index in [0.29, 0.717) is 12.1 Å². The molecule has 0 spiro atoms. The van der Waals surface area contributed by atoms with Gasteiger partial charge < -0.3 is 5.73 Å². The highest BCUT2D eigenvalue weighted by Crippen LogP contribution is 2.07. The largest absolute Gasteiger partial charge is 0.327 e. The van der Waals surface area contributed by atoms with E-state index >= 15 is 0 Å². The summed E-state index contributed by atoms with van der Waals surface area (Å²) in [4.78, 5) is 2.54. The number of hydrogen-bond donors (Lipinski definition) is 1. The molecule has 16 heavy (non-hydrogen) atoms. The van der Waals surface area contributed by atoms with E-state index in [2.05, 4.69) is 32.6 Å². The average molecular weight is 228 g/mol. The highest BCUT2D eigenvalue weighted by Gasteiger charge is 2.12. The van der Waals surface area contributed by atoms with Gasteiger partial charge in [-0.05, 0) is 33.2 Å². The lowest BCUT2D eigenvalue weighted by molar-refractivity contribution is 0.200. The van der Waals surface area contributed by atoms with Crippen LogP contribution in [0.5, 0.6) is 0 Å². The van der Waals surface area contributed by atoms with Gasteiger partial charge in [0.2, 0.25) is 0 Å². The first-order chi connectivity index (χ1) is 7.61. The van der Waals surface area contributed by atoms with Crippen molar-refractivity contribution in [1.82, 2.24) is 4.90 Å². The van der Waals surface area contributed by atoms with E-state index in [4.69, 9.17) is 5.73 Å². The molecule has 0 fully saturated rings. The third kappa shape index (κ3) is 8.12. The number of nitrogens with two attached hydrogens (primary N) is 1. The zero-order valence-corrected chi connectivity index (χ0v) is 11.8. The van der Waals surface area contributed by atoms with E-state index in [1.807, 2.05) is 0 Å². The summed E-state index contributed by atoms with van der Waals surface area (Å²) in [6, 6.07) is 0.994. The van der Waals surface area contributed by atoms with Gasteiger partial charge in [-0.25, -0.2) is 0 Å². The molecule has 0 saturated carbocycles. The summed E-state index contributed by atoms with van der Waals surface area (Å²) in [6.07, 6.45) is 7.65. The highest BCUT2D eigenvalue weighted by molar-refractivity contribution is 4.71. The van der Waals surface area contributed by atoms with E-state index < -0.39 is 0 Å². The lowest BCUT2D eigenvalue weighted by Crippen LogP contribution is -2.41. The Hall–Kier alpha value is -0.0800. The molecule has 1 unspecified atom stereocenters. The molecule has 0 aromatic rings. The molecule has 2 heteroatoms. The van der Waals surface area contributed by atoms with Gasteiger partial charge in [-0.15, -0.1) is 0 Å². The van der Waals surface area contributed by atoms with Crippen molar-refractivity contribution in [2.45, 2.75) is 78.3 Å². The second kappa shape index (κ2) is 10.1. The molecule has 0 aliphatic carbocycles. The van der Waals surface area contributed by atoms with E-state index in [-0.39, 0.29) is 0 Å². The maximum absolute atomic E-state index is 6.16. The predicted molar refractivity (Wildman–Crippen MR) is 73.7 cm³/mol. The Labute approximate surface area is 103 Å². The van der Waals surface area contributed by atoms with Crippen LogP contribution in [0.2, 0.25) is 0 Å². The average Bonchev–Trinajstić information content (AvgIpc) is 2.25. The van der Waals surface area contributed by atoms with Crippen LogP contribution in [0.1, 0.15) is 66.2 Å². The summed E-state index contributed by atoms with van der Waals surface area (Å²) in [5.41, 5.74) is 6.16. The molecule has 2 nitrogen and oxygen atoms in total. The van der Waals surface area contributed by atoms with Gasteiger partial charge in [-0.3, -0.25) is 4.90 Å². The van der Waals surface area contributed by atoms with Crippen molar-refractivity contribution in [2.75, 3.05) is 13.1 Å². The molecule has 0 heterocycles. The first kappa shape index (κ1) is 15.9. The summed E-state index contributed by atoms with van der Waals surface area (Å²) in [6.45, 7) is 11.3. The quantitative estimate of drug-likeness (QED) is 0.581. The predicted octanol–water partition coefficient (Wildman–Crippen LogP) is 3.40. The monoisotopic (exact) mass is 228 g/mol. The summed E-state index contributed by atoms with van der Waals surface area (Å²) in [5, 5.41) is 0. The van der Waals surface area contributed by atoms with Crippen LogP contribution in [-0.4, -0.2) is 30.1 Å². The summed E-state index contributed by atoms with van der Waals surface area (Å²) in [7, 11) is 0. The Kier molecular flexibility index (Phi) is 10.0. The second-order valence-corrected chi connectivity index (χ2v) is 5.20. The maximum Gasteiger partial charge on any atom is 0.0167 e. The molecular weight excluding hydrogens is 196 g/mol. The van der Waals surface area contributed by atoms with Crippen LogP contribution in [-0.2, 0) is 0 Å². The minimum Gasteiger partial charge on any atom is -0.327 e. The van der Waals surface area contributed by atoms with E-state index in [9.17, 15) is 0 Å². The molecule has 0 aromatic carbocycles. The van der Waals surface area contributed by atoms with Crippen LogP contribution in [0.25, 0.3) is 0 Å². The fraction of sp³-hybridized carbons (Fsp3) is 1.00. The Bertz CT molecular complexity index is 146. The molecule has 1 atom stereocenters. The van der Waals surface area contributed by atoms with Crippen LogP contribution in [0.3, 0.4) is 0 Å². The summed E-state index contributed by atoms with van der Waals surface area (Å²) >= 11 is 0. The van der Waals surface area contributed by atoms with Crippen molar-refractivity contribution in [1.29, 1.82) is 0 Å². The van der Waals surface area contributed by atoms with Crippen molar-refractivity contribution in [2.24, 2.45) is 5.73 Å². The van der Waals surface area contributed by atoms with E-state index in [0.717, 1.165) is 6.54 Å². The van der Waals surface area contributed by atoms with Gasteiger partial charge in [0.25, 0.3) is 0 Å². The van der Waals surface area contributed by atoms with Crippen LogP contribution < -0.4 is 5.73 Å². The standard InChI is InChI=1S/C14H32N2/c1-5-7-9-11-16(13(3)4)12-14(15)10-8-6-2/h13-14H,5-12,15H2,1-4H3. The molecule has 0 radical (unpaired) electrons. The second-order valence-electron chi connectivity index (χ2n) is 5.20. The van der Waals surface area contributed by atoms with Gasteiger partial charge >= 0.3 is 0 Å². The van der Waals surface area contributed by atoms with Gasteiger partial charge in [-0.2, -0.15) is 0 Å². The van der Waals surface area contributed by atoms with Crippen molar-refractivity contribution in [3.63, 3.8) is 0 Å². The Morgan fingerprint density at radius 3 is 2.12 bits per heavy atom. The van der Waals surface area contributed by atoms with E-state index in [1.165, 1.54) is 45.1 Å². The minimum absolute atomic E-state index is 0.365. The zero-order chi connectivity index (χ0) is 12.4. The molecule has 0 aliphatic rings. The molecule has 98 valence electrons. The Balaban J connectivity index is 3.82. The zero-order valence-electron chi connectivity index (χ0n) is 11.8. The number of nitrogens with zero attached hydrogens (tertiary/aromatic N) is 1. The summed E-state index contributed by atoms with van der Waals surface area (Å²) < 4.78 is 0. The van der Waals surface area contributed by atoms with Gasteiger partial charge in [0, 0.05) is 18.6 Å². The minimum atomic E-state index is 0.365. The normalized spacial score (nSPS) is 13.7. The van der Waals surface area contributed by atoms with Crippen molar-refractivity contribution in [3.05, 3.63) is 0 Å². The summed E-state index contributed by atoms with van der Waals surface area (Å²) in [5.74, 6) is 0. The fourth-order valence-corrected chi connectivity index (χ4v) is 1.98. The molecule has 0 rings (SSSR count). The van der Waals surface area contributed by atoms with Crippen molar-refractivity contribution in [3.8, 4) is 0 Å². The van der Waals surface area contributed by atoms with Crippen molar-refractivity contribution >= 4 is 0 Å². The van der Waals surface area contributed by atoms with Crippen LogP contribution in [0.4, 0.5) is 0 Å². The lowest BCUT2D eigenvalue weighted by atomic mass is 10.1. The molecule has 0 aliphatic heterocycles. The lowest BCUT2D eigenvalue weighted by Gasteiger charge is -2.29. The molecule has 0 amide bonds. The Morgan fingerprint density at radius 1 is 1.00 bits per heavy atom. The number of unbranched alkanes of at least 4 members (excludes halogenated alkanes) is 3. The third-order valence-electron chi connectivity index (χ3n) is 3.18. The van der Waals surface area contributed by atoms with Gasteiger partial charge in [-0.1, -0.05) is 39.5 Å². The highest BCUT2D eigenvalue weighted by atomic mass is 15.2. The molecule has 0 bridgehead atoms. The van der Waals surface area contributed by atoms with Gasteiger partial charge in [0.15, 0.2) is 0 Å². The molecule has 2 N–H and O–H groups in total. The van der Waals surface area contributed by atoms with Crippen LogP contribution in [0, 0.1) is 0 Å². The maximum atomic E-state index is 6.16. The topological polar surface area (TPSA) is 29.3 Å². The van der Waals surface area contributed by atoms with Crippen LogP contribution in [0.15, 0.2) is 0 Å². The number of hydrogen-bond acceptors (Lipinski definition) is 2. The molecule has 0 aromatic heterocycles. The molecule has 0 saturated heterocycles. The van der Waals surface area contributed by atoms with Gasteiger partial charge in [0.1, 0.15) is 0 Å². The first-order valence-corrected chi connectivity index (χ1v) is 7.11. The Morgan fingerprint density at radius 2 is 1.62 bits per heavy atom. The number of rotatable bonds is 10. The van der Waals surface area contributed by atoms with Crippen LogP contribution >= 0.6 is 0 Å². The van der Waals surface area contributed by atoms with Crippen molar-refractivity contribution < 1.29 is 0 Å². The fourth-order valence-electron chi connectivity index (χ4n) is 1.98. The van der Waals surface area contributed by atoms with Gasteiger partial charge in [0.05, 0.1) is 0 Å². The van der Waals surface area contributed by atoms with E-state index in [1.54, 1.807) is 0 Å². The smallest absolute Gasteiger partial charge is 0.0167 e. The molecular formula is C14H32N2. The third-order valence-corrected chi connectivity index (χ3v) is 3.18.